The van der Waals surface area contributed by atoms with Crippen molar-refractivity contribution in [1.29, 1.82) is 0 Å². The molecule has 1 unspecified atom stereocenters. The van der Waals surface area contributed by atoms with Crippen molar-refractivity contribution in [2.75, 3.05) is 33.4 Å². The molecule has 2 N–H and O–H groups in total. The van der Waals surface area contributed by atoms with E-state index in [4.69, 9.17) is 10.5 Å². The monoisotopic (exact) mass is 305 g/mol. The van der Waals surface area contributed by atoms with Gasteiger partial charge in [-0.2, -0.15) is 0 Å². The van der Waals surface area contributed by atoms with Gasteiger partial charge in [0.25, 0.3) is 0 Å². The third-order valence-electron chi connectivity index (χ3n) is 4.27. The van der Waals surface area contributed by atoms with E-state index in [0.29, 0.717) is 13.1 Å². The lowest BCUT2D eigenvalue weighted by Gasteiger charge is -2.47. The van der Waals surface area contributed by atoms with Gasteiger partial charge in [-0.3, -0.25) is 9.69 Å². The lowest BCUT2D eigenvalue weighted by atomic mass is 9.97. The van der Waals surface area contributed by atoms with Crippen LogP contribution in [0.3, 0.4) is 0 Å². The number of carbonyl (C=O) groups excluding carboxylic acids is 1. The fourth-order valence-corrected chi connectivity index (χ4v) is 2.96. The largest absolute Gasteiger partial charge is 0.383 e. The van der Waals surface area contributed by atoms with Crippen molar-refractivity contribution < 1.29 is 9.53 Å². The second-order valence-electron chi connectivity index (χ2n) is 6.54. The van der Waals surface area contributed by atoms with Gasteiger partial charge in [0.05, 0.1) is 6.61 Å². The molecule has 1 amide bonds. The van der Waals surface area contributed by atoms with Crippen molar-refractivity contribution in [1.82, 2.24) is 9.80 Å². The number of amides is 1. The number of ether oxygens (including phenoxy) is 1. The highest BCUT2D eigenvalue weighted by molar-refractivity contribution is 5.82. The number of methoxy groups -OCH3 is 1. The first-order valence-electron chi connectivity index (χ1n) is 7.76. The van der Waals surface area contributed by atoms with Crippen LogP contribution in [0.15, 0.2) is 30.3 Å². The highest BCUT2D eigenvalue weighted by Crippen LogP contribution is 2.23. The first-order valence-corrected chi connectivity index (χ1v) is 7.76. The second kappa shape index (κ2) is 7.22. The number of benzene rings is 1. The Morgan fingerprint density at radius 3 is 2.59 bits per heavy atom. The second-order valence-corrected chi connectivity index (χ2v) is 6.54. The summed E-state index contributed by atoms with van der Waals surface area (Å²) in [5.41, 5.74) is 7.10. The van der Waals surface area contributed by atoms with Gasteiger partial charge >= 0.3 is 0 Å². The van der Waals surface area contributed by atoms with Crippen molar-refractivity contribution in [3.63, 3.8) is 0 Å². The number of nitrogens with two attached hydrogens (primary N) is 1. The molecule has 0 aliphatic carbocycles. The quantitative estimate of drug-likeness (QED) is 0.884. The number of nitrogens with zero attached hydrogens (tertiary/aromatic N) is 2. The van der Waals surface area contributed by atoms with E-state index in [1.807, 2.05) is 11.0 Å². The smallest absolute Gasteiger partial charge is 0.241 e. The zero-order chi connectivity index (χ0) is 16.2. The summed E-state index contributed by atoms with van der Waals surface area (Å²) in [5, 5.41) is 0. The molecule has 1 aliphatic rings. The van der Waals surface area contributed by atoms with E-state index in [1.54, 1.807) is 7.11 Å². The van der Waals surface area contributed by atoms with Crippen molar-refractivity contribution in [2.45, 2.75) is 32.0 Å². The zero-order valence-electron chi connectivity index (χ0n) is 13.8. The molecule has 1 fully saturated rings. The molecule has 1 aromatic rings. The maximum absolute atomic E-state index is 12.3. The maximum Gasteiger partial charge on any atom is 0.241 e. The first-order chi connectivity index (χ1) is 10.4. The Kier molecular flexibility index (Phi) is 5.56. The standard InChI is InChI=1S/C17H27N3O2/c1-17(2)13-19(16(21)15(18)12-22-3)9-10-20(17)11-14-7-5-4-6-8-14/h4-8,15H,9-13,18H2,1-3H3. The highest BCUT2D eigenvalue weighted by Gasteiger charge is 2.36. The maximum atomic E-state index is 12.3. The molecule has 0 radical (unpaired) electrons. The number of rotatable bonds is 5. The van der Waals surface area contributed by atoms with E-state index < -0.39 is 6.04 Å². The molecule has 1 heterocycles. The Bertz CT molecular complexity index is 490. The van der Waals surface area contributed by atoms with E-state index >= 15 is 0 Å². The lowest BCUT2D eigenvalue weighted by molar-refractivity contribution is -0.139. The normalized spacial score (nSPS) is 19.9. The fraction of sp³-hybridized carbons (Fsp3) is 0.588. The zero-order valence-corrected chi connectivity index (χ0v) is 13.8. The van der Waals surface area contributed by atoms with Gasteiger partial charge in [0.15, 0.2) is 0 Å². The Morgan fingerprint density at radius 1 is 1.32 bits per heavy atom. The van der Waals surface area contributed by atoms with Gasteiger partial charge in [0.2, 0.25) is 5.91 Å². The summed E-state index contributed by atoms with van der Waals surface area (Å²) < 4.78 is 4.98. The van der Waals surface area contributed by atoms with E-state index in [9.17, 15) is 4.79 Å². The molecule has 1 saturated heterocycles. The van der Waals surface area contributed by atoms with Crippen LogP contribution in [0.25, 0.3) is 0 Å². The van der Waals surface area contributed by atoms with Gasteiger partial charge in [-0.15, -0.1) is 0 Å². The summed E-state index contributed by atoms with van der Waals surface area (Å²) in [7, 11) is 1.56. The van der Waals surface area contributed by atoms with Gasteiger partial charge in [-0.05, 0) is 19.4 Å². The summed E-state index contributed by atoms with van der Waals surface area (Å²) in [4.78, 5) is 16.6. The Hall–Kier alpha value is -1.43. The minimum absolute atomic E-state index is 0.0192. The fourth-order valence-electron chi connectivity index (χ4n) is 2.96. The minimum atomic E-state index is -0.568. The first kappa shape index (κ1) is 16.9. The van der Waals surface area contributed by atoms with E-state index in [2.05, 4.69) is 43.0 Å². The molecule has 0 saturated carbocycles. The van der Waals surface area contributed by atoms with Crippen molar-refractivity contribution in [3.05, 3.63) is 35.9 Å². The summed E-state index contributed by atoms with van der Waals surface area (Å²) in [5.74, 6) is -0.0192. The summed E-state index contributed by atoms with van der Waals surface area (Å²) in [6, 6.07) is 9.87. The highest BCUT2D eigenvalue weighted by atomic mass is 16.5. The molecule has 5 nitrogen and oxygen atoms in total. The molecule has 1 aromatic carbocycles. The van der Waals surface area contributed by atoms with Gasteiger partial charge in [-0.1, -0.05) is 30.3 Å². The third kappa shape index (κ3) is 4.06. The van der Waals surface area contributed by atoms with Gasteiger partial charge in [-0.25, -0.2) is 0 Å². The van der Waals surface area contributed by atoms with Crippen LogP contribution in [0.4, 0.5) is 0 Å². The van der Waals surface area contributed by atoms with Crippen LogP contribution in [0.5, 0.6) is 0 Å². The molecular formula is C17H27N3O2. The Balaban J connectivity index is 1.98. The molecule has 5 heteroatoms. The predicted molar refractivity (Wildman–Crippen MR) is 87.4 cm³/mol. The number of hydrogen-bond donors (Lipinski definition) is 1. The Morgan fingerprint density at radius 2 is 2.00 bits per heavy atom. The number of carbonyl (C=O) groups is 1. The average molecular weight is 305 g/mol. The molecule has 0 aromatic heterocycles. The summed E-state index contributed by atoms with van der Waals surface area (Å²) in [6.45, 7) is 7.79. The van der Waals surface area contributed by atoms with E-state index in [1.165, 1.54) is 5.56 Å². The molecule has 0 spiro atoms. The van der Waals surface area contributed by atoms with Crippen LogP contribution in [0.2, 0.25) is 0 Å². The third-order valence-corrected chi connectivity index (χ3v) is 4.27. The lowest BCUT2D eigenvalue weighted by Crippen LogP contribution is -2.62. The summed E-state index contributed by atoms with van der Waals surface area (Å²) >= 11 is 0. The van der Waals surface area contributed by atoms with Crippen molar-refractivity contribution in [3.8, 4) is 0 Å². The predicted octanol–water partition coefficient (Wildman–Crippen LogP) is 1.08. The molecule has 1 atom stereocenters. The van der Waals surface area contributed by atoms with Crippen LogP contribution in [-0.4, -0.2) is 60.6 Å². The van der Waals surface area contributed by atoms with E-state index in [0.717, 1.165) is 13.1 Å². The molecule has 0 bridgehead atoms. The molecule has 1 aliphatic heterocycles. The number of piperazine rings is 1. The molecule has 22 heavy (non-hydrogen) atoms. The van der Waals surface area contributed by atoms with Crippen LogP contribution in [-0.2, 0) is 16.1 Å². The van der Waals surface area contributed by atoms with Crippen LogP contribution in [0.1, 0.15) is 19.4 Å². The van der Waals surface area contributed by atoms with Gasteiger partial charge in [0.1, 0.15) is 6.04 Å². The Labute approximate surface area is 133 Å². The summed E-state index contributed by atoms with van der Waals surface area (Å²) in [6.07, 6.45) is 0. The molecular weight excluding hydrogens is 278 g/mol. The van der Waals surface area contributed by atoms with Crippen molar-refractivity contribution in [2.24, 2.45) is 5.73 Å². The van der Waals surface area contributed by atoms with E-state index in [-0.39, 0.29) is 18.1 Å². The van der Waals surface area contributed by atoms with Crippen LogP contribution < -0.4 is 5.73 Å². The van der Waals surface area contributed by atoms with Crippen LogP contribution in [0, 0.1) is 0 Å². The van der Waals surface area contributed by atoms with Gasteiger partial charge < -0.3 is 15.4 Å². The minimum Gasteiger partial charge on any atom is -0.383 e. The van der Waals surface area contributed by atoms with Crippen LogP contribution >= 0.6 is 0 Å². The van der Waals surface area contributed by atoms with Gasteiger partial charge in [0, 0.05) is 38.8 Å². The number of hydrogen-bond acceptors (Lipinski definition) is 4. The van der Waals surface area contributed by atoms with Crippen molar-refractivity contribution >= 4 is 5.91 Å². The molecule has 2 rings (SSSR count). The topological polar surface area (TPSA) is 58.8 Å². The average Bonchev–Trinajstić information content (AvgIpc) is 2.49. The molecule has 122 valence electrons. The SMILES string of the molecule is COCC(N)C(=O)N1CCN(Cc2ccccc2)C(C)(C)C1.